The third-order valence-electron chi connectivity index (χ3n) is 9.01. The smallest absolute Gasteiger partial charge is 0.232 e. The maximum absolute atomic E-state index is 12.7. The number of aromatic nitrogens is 2. The molecule has 0 aliphatic carbocycles. The average Bonchev–Trinajstić information content (AvgIpc) is 3.47. The Hall–Kier alpha value is -4.01. The first-order valence-electron chi connectivity index (χ1n) is 17.6. The Morgan fingerprint density at radius 2 is 1.57 bits per heavy atom. The Morgan fingerprint density at radius 1 is 0.870 bits per heavy atom. The van der Waals surface area contributed by atoms with Gasteiger partial charge in [-0.25, -0.2) is 0 Å². The van der Waals surface area contributed by atoms with Crippen molar-refractivity contribution in [1.82, 2.24) is 9.55 Å². The molecule has 4 aromatic rings. The minimum atomic E-state index is -0.0522. The molecule has 0 spiro atoms. The molecule has 0 saturated heterocycles. The molecule has 0 fully saturated rings. The Bertz CT molecular complexity index is 1620. The van der Waals surface area contributed by atoms with Crippen LogP contribution in [0.1, 0.15) is 125 Å². The maximum Gasteiger partial charge on any atom is 0.232 e. The molecule has 0 bridgehead atoms. The Labute approximate surface area is 276 Å². The van der Waals surface area contributed by atoms with Crippen LogP contribution in [0.2, 0.25) is 0 Å². The lowest BCUT2D eigenvalue weighted by atomic mass is 9.89. The van der Waals surface area contributed by atoms with Gasteiger partial charge in [-0.1, -0.05) is 106 Å². The highest BCUT2D eigenvalue weighted by atomic mass is 16.2. The molecule has 1 unspecified atom stereocenters. The summed E-state index contributed by atoms with van der Waals surface area (Å²) >= 11 is 0. The van der Waals surface area contributed by atoms with E-state index in [9.17, 15) is 10.1 Å². The molecule has 46 heavy (non-hydrogen) atoms. The number of nitriles is 1. The second-order valence-corrected chi connectivity index (χ2v) is 12.4. The number of fused-ring (bicyclic) bond motifs is 2. The highest BCUT2D eigenvalue weighted by Gasteiger charge is 2.17. The van der Waals surface area contributed by atoms with Gasteiger partial charge in [-0.15, -0.1) is 0 Å². The van der Waals surface area contributed by atoms with Gasteiger partial charge >= 0.3 is 0 Å². The molecule has 2 heterocycles. The Kier molecular flexibility index (Phi) is 14.8. The minimum absolute atomic E-state index is 0.0522. The van der Waals surface area contributed by atoms with Crippen LogP contribution in [0.25, 0.3) is 27.2 Å². The van der Waals surface area contributed by atoms with Crippen molar-refractivity contribution in [3.8, 4) is 6.07 Å². The van der Waals surface area contributed by atoms with Crippen molar-refractivity contribution >= 4 is 33.2 Å². The molecule has 0 amide bonds. The number of nitrogens with zero attached hydrogens (tertiary/aromatic N) is 3. The van der Waals surface area contributed by atoms with Crippen LogP contribution in [-0.2, 0) is 0 Å². The fourth-order valence-corrected chi connectivity index (χ4v) is 6.49. The summed E-state index contributed by atoms with van der Waals surface area (Å²) in [6.45, 7) is 2.57. The Balaban J connectivity index is 1.36. The van der Waals surface area contributed by atoms with E-state index < -0.39 is 0 Å². The molecule has 0 aliphatic heterocycles. The van der Waals surface area contributed by atoms with E-state index in [0.29, 0.717) is 18.0 Å². The van der Waals surface area contributed by atoms with Gasteiger partial charge in [0.2, 0.25) is 5.91 Å². The van der Waals surface area contributed by atoms with Crippen LogP contribution < -0.4 is 5.73 Å². The highest BCUT2D eigenvalue weighted by Crippen LogP contribution is 2.32. The largest absolute Gasteiger partial charge is 0.330 e. The normalized spacial score (nSPS) is 12.7. The first kappa shape index (κ1) is 34.9. The van der Waals surface area contributed by atoms with Gasteiger partial charge < -0.3 is 5.73 Å². The molecule has 5 heteroatoms. The van der Waals surface area contributed by atoms with E-state index in [4.69, 9.17) is 10.7 Å². The summed E-state index contributed by atoms with van der Waals surface area (Å²) in [6, 6.07) is 20.9. The number of benzene rings is 2. The van der Waals surface area contributed by atoms with Gasteiger partial charge in [-0.2, -0.15) is 5.26 Å². The van der Waals surface area contributed by atoms with Crippen LogP contribution in [0.3, 0.4) is 0 Å². The number of hydrogen-bond donors (Lipinski definition) is 1. The van der Waals surface area contributed by atoms with Crippen molar-refractivity contribution in [1.29, 1.82) is 5.26 Å². The van der Waals surface area contributed by atoms with Crippen LogP contribution in [-0.4, -0.2) is 22.0 Å². The van der Waals surface area contributed by atoms with Crippen molar-refractivity contribution in [3.63, 3.8) is 0 Å². The number of rotatable bonds is 20. The number of allylic oxidation sites excluding steroid dienone is 4. The van der Waals surface area contributed by atoms with Gasteiger partial charge in [0.05, 0.1) is 22.9 Å². The van der Waals surface area contributed by atoms with Gasteiger partial charge in [-0.05, 0) is 68.9 Å². The summed E-state index contributed by atoms with van der Waals surface area (Å²) in [5.74, 6) is 0.354. The number of pyridine rings is 1. The molecule has 1 atom stereocenters. The molecular formula is C41H52N4O. The molecule has 2 N–H and O–H groups in total. The van der Waals surface area contributed by atoms with E-state index in [1.807, 2.05) is 42.7 Å². The predicted octanol–water partition coefficient (Wildman–Crippen LogP) is 10.9. The molecule has 2 aromatic heterocycles. The van der Waals surface area contributed by atoms with Crippen LogP contribution >= 0.6 is 0 Å². The summed E-state index contributed by atoms with van der Waals surface area (Å²) in [4.78, 5) is 17.6. The molecule has 5 nitrogen and oxygen atoms in total. The summed E-state index contributed by atoms with van der Waals surface area (Å²) < 4.78 is 1.65. The number of hydrogen-bond acceptors (Lipinski definition) is 4. The first-order valence-corrected chi connectivity index (χ1v) is 17.6. The third-order valence-corrected chi connectivity index (χ3v) is 9.01. The van der Waals surface area contributed by atoms with Crippen molar-refractivity contribution in [2.24, 2.45) is 5.73 Å². The number of carbonyl (C=O) groups excluding carboxylic acids is 1. The summed E-state index contributed by atoms with van der Waals surface area (Å²) in [6.07, 6.45) is 27.5. The van der Waals surface area contributed by atoms with Crippen molar-refractivity contribution in [2.75, 3.05) is 6.54 Å². The van der Waals surface area contributed by atoms with Gasteiger partial charge in [0, 0.05) is 47.6 Å². The van der Waals surface area contributed by atoms with Crippen molar-refractivity contribution in [2.45, 2.75) is 109 Å². The number of unbranched alkanes of at least 4 members (excludes halogenated alkanes) is 9. The topological polar surface area (TPSA) is 84.7 Å². The highest BCUT2D eigenvalue weighted by molar-refractivity contribution is 6.01. The molecule has 0 aliphatic rings. The molecular weight excluding hydrogens is 564 g/mol. The van der Waals surface area contributed by atoms with Gasteiger partial charge in [0.15, 0.2) is 0 Å². The van der Waals surface area contributed by atoms with E-state index in [1.165, 1.54) is 61.4 Å². The average molecular weight is 617 g/mol. The quantitative estimate of drug-likeness (QED) is 0.0608. The summed E-state index contributed by atoms with van der Waals surface area (Å²) in [5.41, 5.74) is 9.12. The predicted molar refractivity (Wildman–Crippen MR) is 194 cm³/mol. The zero-order valence-electron chi connectivity index (χ0n) is 27.8. The minimum Gasteiger partial charge on any atom is -0.330 e. The second kappa shape index (κ2) is 19.5. The van der Waals surface area contributed by atoms with E-state index >= 15 is 0 Å². The third kappa shape index (κ3) is 9.99. The fourth-order valence-electron chi connectivity index (χ4n) is 6.49. The zero-order chi connectivity index (χ0) is 32.4. The summed E-state index contributed by atoms with van der Waals surface area (Å²) in [7, 11) is 0. The van der Waals surface area contributed by atoms with E-state index in [-0.39, 0.29) is 12.3 Å². The molecule has 0 saturated carbocycles. The first-order chi connectivity index (χ1) is 22.7. The van der Waals surface area contributed by atoms with Crippen LogP contribution in [0, 0.1) is 11.3 Å². The standard InChI is InChI=1S/C41H52N4O/c1-2-3-4-5-6-7-8-9-10-11-13-21-34(41-36-24-17-16-20-33(36)28-30-44-41)22-14-12-15-23-35(31-43)38-32-45(40(46)27-29-42)39-26-19-18-25-37(38)39/h9-10,16-20,23-26,28,30,32,34H,2-8,11-15,21-22,27,29,42H2,1H3/b10-9-,35-23+. The molecule has 0 radical (unpaired) electrons. The van der Waals surface area contributed by atoms with Crippen LogP contribution in [0.4, 0.5) is 0 Å². The van der Waals surface area contributed by atoms with Gasteiger partial charge in [0.25, 0.3) is 0 Å². The van der Waals surface area contributed by atoms with Gasteiger partial charge in [0.1, 0.15) is 0 Å². The van der Waals surface area contributed by atoms with Gasteiger partial charge in [-0.3, -0.25) is 14.3 Å². The second-order valence-electron chi connectivity index (χ2n) is 12.4. The van der Waals surface area contributed by atoms with E-state index in [0.717, 1.165) is 61.4 Å². The lowest BCUT2D eigenvalue weighted by molar-refractivity contribution is 0.0911. The lowest BCUT2D eigenvalue weighted by Crippen LogP contribution is -2.14. The van der Waals surface area contributed by atoms with Crippen molar-refractivity contribution in [3.05, 3.63) is 96.5 Å². The summed E-state index contributed by atoms with van der Waals surface area (Å²) in [5, 5.41) is 13.5. The number of nitrogens with two attached hydrogens (primary N) is 1. The molecule has 242 valence electrons. The zero-order valence-corrected chi connectivity index (χ0v) is 27.8. The molecule has 2 aromatic carbocycles. The van der Waals surface area contributed by atoms with E-state index in [2.05, 4.69) is 55.5 Å². The van der Waals surface area contributed by atoms with Crippen molar-refractivity contribution < 1.29 is 4.79 Å². The maximum atomic E-state index is 12.7. The number of carbonyl (C=O) groups is 1. The number of para-hydroxylation sites is 1. The fraction of sp³-hybridized carbons (Fsp3) is 0.439. The lowest BCUT2D eigenvalue weighted by Gasteiger charge is -2.18. The Morgan fingerprint density at radius 3 is 2.37 bits per heavy atom. The van der Waals surface area contributed by atoms with Crippen LogP contribution in [0.15, 0.2) is 85.2 Å². The SMILES string of the molecule is CCCCCCCC/C=C\CCCC(CCCC/C=C(\C#N)c1cn(C(=O)CCN)c2ccccc12)c1nccc2ccccc12. The van der Waals surface area contributed by atoms with E-state index in [1.54, 1.807) is 4.57 Å². The monoisotopic (exact) mass is 616 g/mol. The van der Waals surface area contributed by atoms with Crippen LogP contribution in [0.5, 0.6) is 0 Å². The molecule has 4 rings (SSSR count).